The number of rotatable bonds is 4. The number of pyridine rings is 1. The number of carboxylic acids is 1. The second-order valence-electron chi connectivity index (χ2n) is 6.02. The first-order chi connectivity index (χ1) is 13.4. The van der Waals surface area contributed by atoms with Gasteiger partial charge in [0, 0.05) is 24.3 Å². The van der Waals surface area contributed by atoms with Gasteiger partial charge >= 0.3 is 5.97 Å². The summed E-state index contributed by atoms with van der Waals surface area (Å²) in [6.45, 7) is 0.240. The number of carbonyl (C=O) groups is 2. The number of fused-ring (bicyclic) bond motifs is 1. The number of aromatic nitrogens is 4. The first kappa shape index (κ1) is 17.7. The van der Waals surface area contributed by atoms with Crippen LogP contribution >= 0.6 is 11.6 Å². The molecule has 0 atom stereocenters. The van der Waals surface area contributed by atoms with E-state index in [-0.39, 0.29) is 34.7 Å². The van der Waals surface area contributed by atoms with Gasteiger partial charge < -0.3 is 15.8 Å². The molecule has 140 valence electrons. The van der Waals surface area contributed by atoms with Crippen LogP contribution in [0.15, 0.2) is 36.8 Å². The van der Waals surface area contributed by atoms with Crippen LogP contribution in [0.25, 0.3) is 11.6 Å². The Labute approximate surface area is 163 Å². The third-order valence-electron chi connectivity index (χ3n) is 4.21. The topological polar surface area (TPSA) is 138 Å². The van der Waals surface area contributed by atoms with Gasteiger partial charge in [0.25, 0.3) is 5.91 Å². The zero-order valence-electron chi connectivity index (χ0n) is 14.3. The van der Waals surface area contributed by atoms with Gasteiger partial charge in [-0.3, -0.25) is 14.7 Å². The highest BCUT2D eigenvalue weighted by atomic mass is 35.5. The number of nitrogens with zero attached hydrogens (tertiary/aromatic N) is 4. The van der Waals surface area contributed by atoms with Crippen molar-refractivity contribution in [1.29, 1.82) is 0 Å². The lowest BCUT2D eigenvalue weighted by molar-refractivity contribution is -0.113. The van der Waals surface area contributed by atoms with Crippen molar-refractivity contribution in [3.8, 4) is 0 Å². The molecule has 1 aliphatic rings. The second-order valence-corrected chi connectivity index (χ2v) is 6.38. The summed E-state index contributed by atoms with van der Waals surface area (Å²) in [5.41, 5.74) is 7.67. The molecule has 3 aromatic heterocycles. The molecule has 1 amide bonds. The van der Waals surface area contributed by atoms with E-state index in [9.17, 15) is 9.59 Å². The van der Waals surface area contributed by atoms with E-state index < -0.39 is 5.97 Å². The molecule has 0 saturated carbocycles. The van der Waals surface area contributed by atoms with Gasteiger partial charge in [-0.2, -0.15) is 4.98 Å². The minimum atomic E-state index is -1.08. The van der Waals surface area contributed by atoms with Crippen molar-refractivity contribution < 1.29 is 14.7 Å². The molecular formula is C18H13ClN6O3. The largest absolute Gasteiger partial charge is 0.478 e. The van der Waals surface area contributed by atoms with Gasteiger partial charge in [-0.05, 0) is 29.8 Å². The number of H-pyrrole nitrogens is 1. The Balaban J connectivity index is 1.81. The van der Waals surface area contributed by atoms with Gasteiger partial charge in [0.2, 0.25) is 5.95 Å². The van der Waals surface area contributed by atoms with Crippen molar-refractivity contribution in [1.82, 2.24) is 19.9 Å². The maximum Gasteiger partial charge on any atom is 0.337 e. The molecule has 0 unspecified atom stereocenters. The molecule has 0 aromatic carbocycles. The third kappa shape index (κ3) is 3.08. The average molecular weight is 397 g/mol. The van der Waals surface area contributed by atoms with Crippen LogP contribution in [0.4, 0.5) is 11.8 Å². The number of nitrogens with two attached hydrogens (primary N) is 1. The summed E-state index contributed by atoms with van der Waals surface area (Å²) in [6.07, 6.45) is 6.11. The number of aromatic amines is 1. The molecule has 0 spiro atoms. The number of nitrogens with one attached hydrogen (secondary N) is 1. The van der Waals surface area contributed by atoms with Crippen molar-refractivity contribution in [2.45, 2.75) is 6.54 Å². The van der Waals surface area contributed by atoms with Crippen molar-refractivity contribution in [3.05, 3.63) is 64.3 Å². The fourth-order valence-corrected chi connectivity index (χ4v) is 3.21. The van der Waals surface area contributed by atoms with Crippen molar-refractivity contribution in [2.75, 3.05) is 10.6 Å². The summed E-state index contributed by atoms with van der Waals surface area (Å²) < 4.78 is 0. The predicted molar refractivity (Wildman–Crippen MR) is 103 cm³/mol. The average Bonchev–Trinajstić information content (AvgIpc) is 3.22. The molecule has 4 rings (SSSR count). The molecule has 28 heavy (non-hydrogen) atoms. The molecule has 0 bridgehead atoms. The smallest absolute Gasteiger partial charge is 0.337 e. The number of aromatic carboxylic acids is 1. The quantitative estimate of drug-likeness (QED) is 0.454. The Bertz CT molecular complexity index is 1130. The summed E-state index contributed by atoms with van der Waals surface area (Å²) >= 11 is 6.26. The first-order valence-electron chi connectivity index (χ1n) is 8.11. The van der Waals surface area contributed by atoms with E-state index in [2.05, 4.69) is 19.9 Å². The Morgan fingerprint density at radius 1 is 1.32 bits per heavy atom. The highest BCUT2D eigenvalue weighted by Gasteiger charge is 2.37. The SMILES string of the molecule is Nc1nc(Cl)c2c(n1)N(Cc1ccncc1)C(=O)/C2=C\c1cc(C(=O)O)c[nH]1. The second kappa shape index (κ2) is 6.78. The monoisotopic (exact) mass is 396 g/mol. The van der Waals surface area contributed by atoms with Gasteiger partial charge in [-0.1, -0.05) is 11.6 Å². The molecule has 0 aliphatic carbocycles. The third-order valence-corrected chi connectivity index (χ3v) is 4.48. The number of carboxylic acid groups (broad SMARTS) is 1. The number of hydrogen-bond donors (Lipinski definition) is 3. The Kier molecular flexibility index (Phi) is 4.28. The van der Waals surface area contributed by atoms with E-state index in [1.165, 1.54) is 23.2 Å². The van der Waals surface area contributed by atoms with Crippen LogP contribution in [0.1, 0.15) is 27.2 Å². The highest BCUT2D eigenvalue weighted by Crippen LogP contribution is 2.41. The maximum atomic E-state index is 13.1. The van der Waals surface area contributed by atoms with E-state index in [0.717, 1.165) is 5.56 Å². The Morgan fingerprint density at radius 3 is 2.75 bits per heavy atom. The molecule has 4 heterocycles. The molecule has 3 aromatic rings. The summed E-state index contributed by atoms with van der Waals surface area (Å²) in [6, 6.07) is 4.98. The molecular weight excluding hydrogens is 384 g/mol. The van der Waals surface area contributed by atoms with Crippen LogP contribution in [0.3, 0.4) is 0 Å². The van der Waals surface area contributed by atoms with Gasteiger partial charge in [-0.15, -0.1) is 0 Å². The van der Waals surface area contributed by atoms with Crippen LogP contribution in [-0.4, -0.2) is 36.9 Å². The van der Waals surface area contributed by atoms with E-state index >= 15 is 0 Å². The lowest BCUT2D eigenvalue weighted by atomic mass is 10.1. The minimum absolute atomic E-state index is 0.0457. The fraction of sp³-hybridized carbons (Fsp3) is 0.0556. The maximum absolute atomic E-state index is 13.1. The fourth-order valence-electron chi connectivity index (χ4n) is 2.94. The highest BCUT2D eigenvalue weighted by molar-refractivity contribution is 6.41. The number of hydrogen-bond acceptors (Lipinski definition) is 6. The molecule has 1 aliphatic heterocycles. The zero-order chi connectivity index (χ0) is 19.8. The molecule has 0 saturated heterocycles. The summed E-state index contributed by atoms with van der Waals surface area (Å²) in [5, 5.41) is 9.12. The van der Waals surface area contributed by atoms with Crippen LogP contribution in [-0.2, 0) is 11.3 Å². The Hall–Kier alpha value is -3.72. The van der Waals surface area contributed by atoms with Crippen molar-refractivity contribution in [3.63, 3.8) is 0 Å². The first-order valence-corrected chi connectivity index (χ1v) is 8.49. The lowest BCUT2D eigenvalue weighted by Gasteiger charge is -2.16. The molecule has 0 fully saturated rings. The number of amides is 1. The summed E-state index contributed by atoms with van der Waals surface area (Å²) in [5.74, 6) is -1.17. The van der Waals surface area contributed by atoms with Crippen LogP contribution in [0.5, 0.6) is 0 Å². The van der Waals surface area contributed by atoms with E-state index in [1.54, 1.807) is 24.5 Å². The van der Waals surface area contributed by atoms with E-state index in [4.69, 9.17) is 22.4 Å². The normalized spacial score (nSPS) is 14.5. The number of anilines is 2. The van der Waals surface area contributed by atoms with Gasteiger partial charge in [0.1, 0.15) is 5.15 Å². The van der Waals surface area contributed by atoms with Crippen LogP contribution in [0.2, 0.25) is 5.15 Å². The standard InChI is InChI=1S/C18H13ClN6O3/c19-14-13-12(6-11-5-10(7-22-11)17(27)28)16(26)25(15(13)24-18(20)23-14)8-9-1-3-21-4-2-9/h1-7,22H,8H2,(H,27,28)(H2,20,23,24)/b12-6-. The molecule has 9 nitrogen and oxygen atoms in total. The molecule has 10 heteroatoms. The van der Waals surface area contributed by atoms with Crippen molar-refractivity contribution in [2.24, 2.45) is 0 Å². The molecule has 4 N–H and O–H groups in total. The van der Waals surface area contributed by atoms with Gasteiger partial charge in [0.15, 0.2) is 5.82 Å². The van der Waals surface area contributed by atoms with Crippen molar-refractivity contribution >= 4 is 46.9 Å². The summed E-state index contributed by atoms with van der Waals surface area (Å²) in [4.78, 5) is 40.6. The van der Waals surface area contributed by atoms with Crippen LogP contribution < -0.4 is 10.6 Å². The number of halogens is 1. The van der Waals surface area contributed by atoms with Gasteiger partial charge in [-0.25, -0.2) is 9.78 Å². The van der Waals surface area contributed by atoms with Crippen LogP contribution in [0, 0.1) is 0 Å². The number of carbonyl (C=O) groups excluding carboxylic acids is 1. The van der Waals surface area contributed by atoms with Gasteiger partial charge in [0.05, 0.1) is 23.2 Å². The molecule has 0 radical (unpaired) electrons. The van der Waals surface area contributed by atoms with E-state index in [0.29, 0.717) is 17.1 Å². The van der Waals surface area contributed by atoms with E-state index in [1.807, 2.05) is 0 Å². The Morgan fingerprint density at radius 2 is 2.07 bits per heavy atom. The number of nitrogen functional groups attached to an aromatic ring is 1. The summed E-state index contributed by atoms with van der Waals surface area (Å²) in [7, 11) is 0. The zero-order valence-corrected chi connectivity index (χ0v) is 15.0. The minimum Gasteiger partial charge on any atom is -0.478 e. The predicted octanol–water partition coefficient (Wildman–Crippen LogP) is 2.22. The lowest BCUT2D eigenvalue weighted by Crippen LogP contribution is -2.26.